The second-order valence-corrected chi connectivity index (χ2v) is 11.5. The Morgan fingerprint density at radius 3 is 2.07 bits per heavy atom. The molecule has 1 atom stereocenters. The Kier molecular flexibility index (Phi) is 5.32. The van der Waals surface area contributed by atoms with Crippen LogP contribution in [0.25, 0.3) is 17.2 Å². The summed E-state index contributed by atoms with van der Waals surface area (Å²) in [5.41, 5.74) is 13.1. The number of aryl methyl sites for hydroxylation is 1. The molecular weight excluding hydrogens is 359 g/mol. The third kappa shape index (κ3) is 3.49. The molecule has 0 radical (unpaired) electrons. The van der Waals surface area contributed by atoms with Gasteiger partial charge in [-0.05, 0) is 0 Å². The summed E-state index contributed by atoms with van der Waals surface area (Å²) in [4.78, 5) is 0. The van der Waals surface area contributed by atoms with Gasteiger partial charge in [0, 0.05) is 0 Å². The van der Waals surface area contributed by atoms with Gasteiger partial charge in [-0.1, -0.05) is 0 Å². The molecule has 4 rings (SSSR count). The maximum atomic E-state index is 6.03. The summed E-state index contributed by atoms with van der Waals surface area (Å²) in [6, 6.07) is 7.36. The van der Waals surface area contributed by atoms with E-state index in [1.807, 2.05) is 7.11 Å². The molecule has 2 aliphatic rings. The molecule has 154 valence electrons. The first-order valence-corrected chi connectivity index (χ1v) is 11.5. The summed E-state index contributed by atoms with van der Waals surface area (Å²) < 4.78 is 6.55. The van der Waals surface area contributed by atoms with Gasteiger partial charge in [0.25, 0.3) is 0 Å². The number of fused-ring (bicyclic) bond motifs is 2. The third-order valence-corrected chi connectivity index (χ3v) is 7.19. The maximum absolute atomic E-state index is 6.03. The number of benzene rings is 2. The van der Waals surface area contributed by atoms with E-state index in [9.17, 15) is 0 Å². The van der Waals surface area contributed by atoms with Crippen molar-refractivity contribution in [3.63, 3.8) is 0 Å². The van der Waals surface area contributed by atoms with E-state index in [4.69, 9.17) is 4.74 Å². The molecule has 0 aromatic heterocycles. The molecule has 1 unspecified atom stereocenters. The molecular formula is C28H35LiO. The second kappa shape index (κ2) is 7.32. The molecule has 0 saturated carbocycles. The number of allylic oxidation sites excluding steroid dienone is 1. The molecule has 0 bridgehead atoms. The summed E-state index contributed by atoms with van der Waals surface area (Å²) in [6.45, 7) is 16.1. The van der Waals surface area contributed by atoms with Crippen LogP contribution in [0.15, 0.2) is 23.8 Å². The van der Waals surface area contributed by atoms with Crippen LogP contribution >= 0.6 is 0 Å². The third-order valence-electron chi connectivity index (χ3n) is 7.19. The average Bonchev–Trinajstić information content (AvgIpc) is 3.22. The molecule has 0 amide bonds. The zero-order valence-electron chi connectivity index (χ0n) is 20.4. The number of ether oxygens (including phenoxy) is 1. The summed E-state index contributed by atoms with van der Waals surface area (Å²) in [5.74, 6) is 1.06. The molecule has 0 spiro atoms. The van der Waals surface area contributed by atoms with Crippen molar-refractivity contribution in [2.75, 3.05) is 7.11 Å². The average molecular weight is 395 g/mol. The van der Waals surface area contributed by atoms with E-state index >= 15 is 0 Å². The molecule has 0 aliphatic heterocycles. The van der Waals surface area contributed by atoms with E-state index in [1.54, 1.807) is 11.1 Å². The fourth-order valence-electron chi connectivity index (χ4n) is 5.33. The molecule has 1 nitrogen and oxygen atoms in total. The molecule has 30 heavy (non-hydrogen) atoms. The van der Waals surface area contributed by atoms with Gasteiger partial charge in [0.05, 0.1) is 0 Å². The van der Waals surface area contributed by atoms with Crippen molar-refractivity contribution < 1.29 is 4.74 Å². The predicted molar refractivity (Wildman–Crippen MR) is 130 cm³/mol. The quantitative estimate of drug-likeness (QED) is 0.495. The number of hydrogen-bond acceptors (Lipinski definition) is 1. The van der Waals surface area contributed by atoms with E-state index in [2.05, 4.69) is 90.5 Å². The van der Waals surface area contributed by atoms with Gasteiger partial charge in [-0.15, -0.1) is 0 Å². The van der Waals surface area contributed by atoms with Crippen molar-refractivity contribution >= 4 is 23.8 Å². The van der Waals surface area contributed by atoms with Crippen LogP contribution in [0.4, 0.5) is 0 Å². The van der Waals surface area contributed by atoms with Crippen LogP contribution in [0.3, 0.4) is 0 Å². The van der Waals surface area contributed by atoms with Gasteiger partial charge in [0.1, 0.15) is 0 Å². The Labute approximate surface area is 192 Å². The Bertz CT molecular complexity index is 1010. The minimum atomic E-state index is 0.0154. The van der Waals surface area contributed by atoms with Crippen molar-refractivity contribution in [1.29, 1.82) is 0 Å². The van der Waals surface area contributed by atoms with E-state index in [1.165, 1.54) is 58.2 Å². The van der Waals surface area contributed by atoms with Gasteiger partial charge in [0.15, 0.2) is 0 Å². The Morgan fingerprint density at radius 2 is 1.53 bits per heavy atom. The fraction of sp³-hybridized carbons (Fsp3) is 0.500. The van der Waals surface area contributed by atoms with E-state index in [0.717, 1.165) is 5.75 Å². The van der Waals surface area contributed by atoms with Crippen molar-refractivity contribution in [2.24, 2.45) is 0 Å². The van der Waals surface area contributed by atoms with Crippen molar-refractivity contribution in [2.45, 2.75) is 83.1 Å². The first-order valence-electron chi connectivity index (χ1n) is 11.5. The monoisotopic (exact) mass is 394 g/mol. The van der Waals surface area contributed by atoms with Gasteiger partial charge in [-0.3, -0.25) is 0 Å². The molecule has 2 aromatic carbocycles. The van der Waals surface area contributed by atoms with Crippen molar-refractivity contribution in [3.8, 4) is 16.9 Å². The molecule has 0 N–H and O–H groups in total. The molecule has 2 aromatic rings. The zero-order chi connectivity index (χ0) is 22.0. The van der Waals surface area contributed by atoms with E-state index in [-0.39, 0.29) is 10.8 Å². The molecule has 0 heterocycles. The second-order valence-electron chi connectivity index (χ2n) is 11.5. The van der Waals surface area contributed by atoms with Gasteiger partial charge in [-0.25, -0.2) is 0 Å². The van der Waals surface area contributed by atoms with Gasteiger partial charge in [-0.2, -0.15) is 0 Å². The van der Waals surface area contributed by atoms with Gasteiger partial charge in [0.2, 0.25) is 0 Å². The van der Waals surface area contributed by atoms with Gasteiger partial charge < -0.3 is 0 Å². The van der Waals surface area contributed by atoms with Crippen LogP contribution in [-0.2, 0) is 23.7 Å². The topological polar surface area (TPSA) is 9.23 Å². The van der Waals surface area contributed by atoms with E-state index < -0.39 is 0 Å². The number of hydrogen-bond donors (Lipinski definition) is 0. The first kappa shape index (κ1) is 21.8. The van der Waals surface area contributed by atoms with Crippen LogP contribution < -0.4 is 4.74 Å². The zero-order valence-corrected chi connectivity index (χ0v) is 20.4. The van der Waals surface area contributed by atoms with Crippen LogP contribution in [0.1, 0.15) is 92.9 Å². The van der Waals surface area contributed by atoms with Crippen LogP contribution in [0.2, 0.25) is 0 Å². The van der Waals surface area contributed by atoms with E-state index in [0.29, 0.717) is 4.59 Å². The van der Waals surface area contributed by atoms with Crippen molar-refractivity contribution in [1.82, 2.24) is 0 Å². The van der Waals surface area contributed by atoms with Crippen molar-refractivity contribution in [3.05, 3.63) is 57.2 Å². The summed E-state index contributed by atoms with van der Waals surface area (Å²) >= 11 is 2.36. The summed E-state index contributed by atoms with van der Waals surface area (Å²) in [7, 11) is 1.82. The molecule has 0 saturated heterocycles. The fourth-order valence-corrected chi connectivity index (χ4v) is 5.33. The Hall–Kier alpha value is -1.42. The number of rotatable bonds is 2. The van der Waals surface area contributed by atoms with Crippen LogP contribution in [-0.4, -0.2) is 24.8 Å². The summed E-state index contributed by atoms with van der Waals surface area (Å²) in [6.07, 6.45) is 6.14. The first-order chi connectivity index (χ1) is 13.9. The molecule has 2 aliphatic carbocycles. The van der Waals surface area contributed by atoms with Crippen LogP contribution in [0, 0.1) is 0 Å². The normalized spacial score (nSPS) is 18.3. The minimum absolute atomic E-state index is 0.0154. The van der Waals surface area contributed by atoms with Gasteiger partial charge >= 0.3 is 193 Å². The number of methoxy groups -OCH3 is 1. The SMILES string of the molecule is [Li][CH]1C(C)=Cc2c1cc1c(c2-c2cc(C(C)(C)C)c(OC)c(C(C)(C)C)c2)CCC1. The standard InChI is InChI=1S/C28H35O.Li/c1-17-12-19-14-18-10-9-11-21(18)25(22(19)13-17)20-15-23(27(2,3)4)26(29-8)24(16-20)28(5,6)7;/h12-16H,9-11H2,1-8H3;. The predicted octanol–water partition coefficient (Wildman–Crippen LogP) is 7.07. The Balaban J connectivity index is 2.09. The Morgan fingerprint density at radius 1 is 0.933 bits per heavy atom. The van der Waals surface area contributed by atoms with Crippen LogP contribution in [0.5, 0.6) is 5.75 Å². The molecule has 2 heteroatoms. The summed E-state index contributed by atoms with van der Waals surface area (Å²) in [5, 5.41) is 0. The molecule has 0 fully saturated rings.